The van der Waals surface area contributed by atoms with E-state index >= 15 is 0 Å². The van der Waals surface area contributed by atoms with Gasteiger partial charge < -0.3 is 15.4 Å². The van der Waals surface area contributed by atoms with Crippen molar-refractivity contribution in [1.29, 1.82) is 0 Å². The Kier molecular flexibility index (Phi) is 9.86. The fourth-order valence-corrected chi connectivity index (χ4v) is 2.27. The summed E-state index contributed by atoms with van der Waals surface area (Å²) in [6.07, 6.45) is 4.13. The first-order chi connectivity index (χ1) is 10.8. The zero-order chi connectivity index (χ0) is 15.6. The van der Waals surface area contributed by atoms with Crippen LogP contribution in [0, 0.1) is 5.82 Å². The van der Waals surface area contributed by atoms with E-state index in [0.29, 0.717) is 12.1 Å². The van der Waals surface area contributed by atoms with Crippen LogP contribution in [0.4, 0.5) is 4.39 Å². The maximum absolute atomic E-state index is 13.6. The lowest BCUT2D eigenvalue weighted by atomic mass is 10.1. The number of hydrogen-bond acceptors (Lipinski definition) is 2. The molecule has 1 aliphatic rings. The monoisotopic (exact) mass is 433 g/mol. The predicted octanol–water partition coefficient (Wildman–Crippen LogP) is 3.24. The number of nitrogens with zero attached hydrogens (tertiary/aromatic N) is 1. The number of nitrogens with one attached hydrogen (secondary N) is 2. The van der Waals surface area contributed by atoms with Crippen LogP contribution in [0.15, 0.2) is 40.9 Å². The van der Waals surface area contributed by atoms with E-state index in [1.165, 1.54) is 11.6 Å². The lowest BCUT2D eigenvalue weighted by Crippen LogP contribution is -2.38. The number of guanidine groups is 1. The van der Waals surface area contributed by atoms with Crippen LogP contribution < -0.4 is 10.6 Å². The van der Waals surface area contributed by atoms with Crippen LogP contribution in [0.25, 0.3) is 0 Å². The minimum Gasteiger partial charge on any atom is -0.377 e. The molecule has 2 N–H and O–H groups in total. The van der Waals surface area contributed by atoms with Gasteiger partial charge in [0.05, 0.1) is 19.8 Å². The fourth-order valence-electron chi connectivity index (χ4n) is 2.27. The molecule has 1 heterocycles. The van der Waals surface area contributed by atoms with E-state index in [2.05, 4.69) is 21.7 Å². The molecule has 0 aromatic heterocycles. The molecule has 0 saturated heterocycles. The molecule has 0 spiro atoms. The number of ether oxygens (including phenoxy) is 1. The molecule has 1 aromatic rings. The normalized spacial score (nSPS) is 14.7. The van der Waals surface area contributed by atoms with E-state index in [9.17, 15) is 4.39 Å². The summed E-state index contributed by atoms with van der Waals surface area (Å²) in [5.41, 5.74) is 2.02. The molecule has 23 heavy (non-hydrogen) atoms. The molecule has 4 nitrogen and oxygen atoms in total. The lowest BCUT2D eigenvalue weighted by molar-refractivity contribution is 0.153. The highest BCUT2D eigenvalue weighted by Gasteiger charge is 2.05. The van der Waals surface area contributed by atoms with Crippen LogP contribution in [0.1, 0.15) is 25.3 Å². The van der Waals surface area contributed by atoms with Gasteiger partial charge in [0.1, 0.15) is 5.82 Å². The van der Waals surface area contributed by atoms with E-state index in [1.807, 2.05) is 13.0 Å². The van der Waals surface area contributed by atoms with E-state index in [1.54, 1.807) is 12.1 Å². The smallest absolute Gasteiger partial charge is 0.191 e. The first-order valence-corrected chi connectivity index (χ1v) is 7.81. The topological polar surface area (TPSA) is 45.7 Å². The molecule has 0 unspecified atom stereocenters. The summed E-state index contributed by atoms with van der Waals surface area (Å²) >= 11 is 0. The average Bonchev–Trinajstić information content (AvgIpc) is 2.55. The van der Waals surface area contributed by atoms with Gasteiger partial charge in [-0.2, -0.15) is 0 Å². The quantitative estimate of drug-likeness (QED) is 0.314. The minimum atomic E-state index is -0.213. The summed E-state index contributed by atoms with van der Waals surface area (Å²) in [5, 5.41) is 6.47. The average molecular weight is 433 g/mol. The second-order valence-electron chi connectivity index (χ2n) is 5.15. The SMILES string of the molecule is CCNC(=NCc1ccccc1F)NCCC1=CCOCC1.I. The molecule has 0 saturated carbocycles. The van der Waals surface area contributed by atoms with Crippen LogP contribution in [0.3, 0.4) is 0 Å². The standard InChI is InChI=1S/C17H24FN3O.HI/c1-2-19-17(20-10-7-14-8-11-22-12-9-14)21-13-15-5-3-4-6-16(15)18;/h3-6,8H,2,7,9-13H2,1H3,(H2,19,20,21);1H. The van der Waals surface area contributed by atoms with E-state index in [-0.39, 0.29) is 29.8 Å². The molecule has 0 atom stereocenters. The second-order valence-corrected chi connectivity index (χ2v) is 5.15. The van der Waals surface area contributed by atoms with Gasteiger partial charge in [-0.15, -0.1) is 24.0 Å². The van der Waals surface area contributed by atoms with E-state index < -0.39 is 0 Å². The number of rotatable bonds is 6. The molecule has 0 radical (unpaired) electrons. The molecule has 1 aromatic carbocycles. The fraction of sp³-hybridized carbons (Fsp3) is 0.471. The number of aliphatic imine (C=N–C) groups is 1. The molecule has 0 bridgehead atoms. The van der Waals surface area contributed by atoms with Gasteiger partial charge in [0, 0.05) is 18.7 Å². The Morgan fingerprint density at radius 2 is 2.13 bits per heavy atom. The van der Waals surface area contributed by atoms with Crippen molar-refractivity contribution in [2.24, 2.45) is 4.99 Å². The number of hydrogen-bond donors (Lipinski definition) is 2. The maximum atomic E-state index is 13.6. The summed E-state index contributed by atoms with van der Waals surface area (Å²) in [4.78, 5) is 4.44. The number of benzene rings is 1. The Morgan fingerprint density at radius 3 is 2.83 bits per heavy atom. The second kappa shape index (κ2) is 11.4. The highest BCUT2D eigenvalue weighted by molar-refractivity contribution is 14.0. The largest absolute Gasteiger partial charge is 0.377 e. The Labute approximate surface area is 154 Å². The third-order valence-corrected chi connectivity index (χ3v) is 3.51. The zero-order valence-electron chi connectivity index (χ0n) is 13.5. The summed E-state index contributed by atoms with van der Waals surface area (Å²) < 4.78 is 18.9. The molecular formula is C17H25FIN3O. The minimum absolute atomic E-state index is 0. The van der Waals surface area contributed by atoms with Gasteiger partial charge in [0.25, 0.3) is 0 Å². The molecule has 128 valence electrons. The van der Waals surface area contributed by atoms with Crippen molar-refractivity contribution in [3.63, 3.8) is 0 Å². The van der Waals surface area contributed by atoms with Gasteiger partial charge in [-0.25, -0.2) is 9.38 Å². The van der Waals surface area contributed by atoms with Crippen molar-refractivity contribution in [2.75, 3.05) is 26.3 Å². The molecule has 1 aliphatic heterocycles. The Morgan fingerprint density at radius 1 is 1.30 bits per heavy atom. The first kappa shape index (κ1) is 19.9. The lowest BCUT2D eigenvalue weighted by Gasteiger charge is -2.15. The van der Waals surface area contributed by atoms with E-state index in [4.69, 9.17) is 4.74 Å². The van der Waals surface area contributed by atoms with Crippen molar-refractivity contribution in [3.05, 3.63) is 47.3 Å². The van der Waals surface area contributed by atoms with Gasteiger partial charge >= 0.3 is 0 Å². The van der Waals surface area contributed by atoms with Gasteiger partial charge in [-0.1, -0.05) is 29.8 Å². The van der Waals surface area contributed by atoms with Crippen LogP contribution >= 0.6 is 24.0 Å². The highest BCUT2D eigenvalue weighted by atomic mass is 127. The van der Waals surface area contributed by atoms with Crippen molar-refractivity contribution < 1.29 is 9.13 Å². The van der Waals surface area contributed by atoms with Crippen LogP contribution in [0.5, 0.6) is 0 Å². The van der Waals surface area contributed by atoms with E-state index in [0.717, 1.165) is 45.1 Å². The van der Waals surface area contributed by atoms with Gasteiger partial charge in [-0.3, -0.25) is 0 Å². The Hall–Kier alpha value is -1.15. The maximum Gasteiger partial charge on any atom is 0.191 e. The van der Waals surface area contributed by atoms with Crippen LogP contribution in [-0.4, -0.2) is 32.3 Å². The molecular weight excluding hydrogens is 408 g/mol. The number of halogens is 2. The van der Waals surface area contributed by atoms with Crippen LogP contribution in [-0.2, 0) is 11.3 Å². The summed E-state index contributed by atoms with van der Waals surface area (Å²) in [6, 6.07) is 6.73. The summed E-state index contributed by atoms with van der Waals surface area (Å²) in [5.74, 6) is 0.507. The van der Waals surface area contributed by atoms with Crippen LogP contribution in [0.2, 0.25) is 0 Å². The van der Waals surface area contributed by atoms with Crippen molar-refractivity contribution >= 4 is 29.9 Å². The first-order valence-electron chi connectivity index (χ1n) is 7.81. The third-order valence-electron chi connectivity index (χ3n) is 3.51. The van der Waals surface area contributed by atoms with Gasteiger partial charge in [0.15, 0.2) is 5.96 Å². The van der Waals surface area contributed by atoms with Gasteiger partial charge in [-0.05, 0) is 25.8 Å². The Bertz CT molecular complexity index is 534. The zero-order valence-corrected chi connectivity index (χ0v) is 15.8. The van der Waals surface area contributed by atoms with Gasteiger partial charge in [0.2, 0.25) is 0 Å². The third kappa shape index (κ3) is 7.30. The summed E-state index contributed by atoms with van der Waals surface area (Å²) in [7, 11) is 0. The predicted molar refractivity (Wildman–Crippen MR) is 103 cm³/mol. The Balaban J connectivity index is 0.00000264. The molecule has 0 aliphatic carbocycles. The molecule has 0 amide bonds. The van der Waals surface area contributed by atoms with Crippen molar-refractivity contribution in [2.45, 2.75) is 26.3 Å². The highest BCUT2D eigenvalue weighted by Crippen LogP contribution is 2.11. The molecule has 2 rings (SSSR count). The summed E-state index contributed by atoms with van der Waals surface area (Å²) in [6.45, 7) is 5.47. The molecule has 6 heteroatoms. The van der Waals surface area contributed by atoms with Crippen molar-refractivity contribution in [1.82, 2.24) is 10.6 Å². The molecule has 0 fully saturated rings. The van der Waals surface area contributed by atoms with Crippen molar-refractivity contribution in [3.8, 4) is 0 Å².